The van der Waals surface area contributed by atoms with Crippen LogP contribution in [0.5, 0.6) is 11.5 Å². The molecule has 39 heavy (non-hydrogen) atoms. The number of aromatic nitrogens is 4. The quantitative estimate of drug-likeness (QED) is 0.436. The third-order valence-corrected chi connectivity index (χ3v) is 7.95. The highest BCUT2D eigenvalue weighted by Crippen LogP contribution is 2.33. The number of morpholine rings is 1. The maximum Gasteiger partial charge on any atom is 0.223 e. The molecule has 0 amide bonds. The number of ether oxygens (including phenoxy) is 3. The van der Waals surface area contributed by atoms with Crippen molar-refractivity contribution in [3.8, 4) is 11.5 Å². The van der Waals surface area contributed by atoms with Crippen LogP contribution in [0.1, 0.15) is 44.9 Å². The summed E-state index contributed by atoms with van der Waals surface area (Å²) in [4.78, 5) is 22.9. The summed E-state index contributed by atoms with van der Waals surface area (Å²) in [5, 5.41) is 3.50. The zero-order chi connectivity index (χ0) is 26.3. The molecule has 2 saturated heterocycles. The van der Waals surface area contributed by atoms with Gasteiger partial charge in [0, 0.05) is 49.8 Å². The Morgan fingerprint density at radius 2 is 1.64 bits per heavy atom. The Balaban J connectivity index is 0.996. The van der Waals surface area contributed by atoms with Gasteiger partial charge in [-0.2, -0.15) is 0 Å². The molecule has 3 aromatic rings. The molecule has 0 unspecified atom stereocenters. The van der Waals surface area contributed by atoms with E-state index in [1.54, 1.807) is 24.8 Å². The summed E-state index contributed by atoms with van der Waals surface area (Å²) in [6, 6.07) is 4.55. The molecule has 1 aromatic carbocycles. The minimum absolute atomic E-state index is 0.143. The van der Waals surface area contributed by atoms with Crippen LogP contribution in [0.3, 0.4) is 0 Å². The Hall–Kier alpha value is -3.24. The number of anilines is 2. The number of rotatable bonds is 9. The summed E-state index contributed by atoms with van der Waals surface area (Å²) >= 11 is 0. The van der Waals surface area contributed by atoms with Crippen LogP contribution in [-0.2, 0) is 4.74 Å². The number of benzene rings is 1. The van der Waals surface area contributed by atoms with Crippen LogP contribution >= 0.6 is 0 Å². The van der Waals surface area contributed by atoms with Crippen LogP contribution in [0.4, 0.5) is 11.6 Å². The van der Waals surface area contributed by atoms with Gasteiger partial charge in [0.05, 0.1) is 37.2 Å². The predicted octanol–water partition coefficient (Wildman–Crippen LogP) is 3.92. The SMILES string of the molecule is c1cnc2c(OC3CCC(Nc4ncc(OCCN5CCCCC5)cn4)CC3)cc(N3CCOCC3)cc2n1. The molecule has 10 nitrogen and oxygen atoms in total. The summed E-state index contributed by atoms with van der Waals surface area (Å²) in [6.07, 6.45) is 15.0. The summed E-state index contributed by atoms with van der Waals surface area (Å²) < 4.78 is 18.0. The molecule has 6 rings (SSSR count). The Morgan fingerprint density at radius 3 is 2.44 bits per heavy atom. The van der Waals surface area contributed by atoms with E-state index in [9.17, 15) is 0 Å². The Labute approximate surface area is 230 Å². The second-order valence-electron chi connectivity index (χ2n) is 10.7. The van der Waals surface area contributed by atoms with Crippen LogP contribution < -0.4 is 19.7 Å². The predicted molar refractivity (Wildman–Crippen MR) is 151 cm³/mol. The van der Waals surface area contributed by atoms with Crippen molar-refractivity contribution in [2.45, 2.75) is 57.1 Å². The van der Waals surface area contributed by atoms with E-state index in [-0.39, 0.29) is 6.10 Å². The highest BCUT2D eigenvalue weighted by Gasteiger charge is 2.25. The molecule has 1 aliphatic carbocycles. The van der Waals surface area contributed by atoms with Gasteiger partial charge in [-0.1, -0.05) is 6.42 Å². The third kappa shape index (κ3) is 6.86. The van der Waals surface area contributed by atoms with Crippen molar-refractivity contribution >= 4 is 22.7 Å². The van der Waals surface area contributed by atoms with E-state index in [4.69, 9.17) is 14.2 Å². The highest BCUT2D eigenvalue weighted by atomic mass is 16.5. The molecule has 0 bridgehead atoms. The maximum atomic E-state index is 6.56. The van der Waals surface area contributed by atoms with E-state index in [1.165, 1.54) is 32.4 Å². The maximum absolute atomic E-state index is 6.56. The van der Waals surface area contributed by atoms with Gasteiger partial charge in [-0.15, -0.1) is 0 Å². The van der Waals surface area contributed by atoms with E-state index >= 15 is 0 Å². The van der Waals surface area contributed by atoms with Crippen molar-refractivity contribution in [2.75, 3.05) is 62.8 Å². The molecule has 0 radical (unpaired) electrons. The van der Waals surface area contributed by atoms with Gasteiger partial charge in [-0.05, 0) is 57.7 Å². The van der Waals surface area contributed by atoms with E-state index < -0.39 is 0 Å². The van der Waals surface area contributed by atoms with Gasteiger partial charge in [-0.3, -0.25) is 9.88 Å². The van der Waals surface area contributed by atoms with Gasteiger partial charge in [0.15, 0.2) is 5.75 Å². The van der Waals surface area contributed by atoms with Crippen LogP contribution in [0.2, 0.25) is 0 Å². The minimum atomic E-state index is 0.143. The number of nitrogens with one attached hydrogen (secondary N) is 1. The molecule has 0 atom stereocenters. The van der Waals surface area contributed by atoms with Crippen molar-refractivity contribution in [1.29, 1.82) is 0 Å². The lowest BCUT2D eigenvalue weighted by Crippen LogP contribution is -2.36. The molecule has 4 heterocycles. The van der Waals surface area contributed by atoms with E-state index in [0.29, 0.717) is 18.6 Å². The van der Waals surface area contributed by atoms with Gasteiger partial charge < -0.3 is 24.4 Å². The number of nitrogens with zero attached hydrogens (tertiary/aromatic N) is 6. The number of hydrogen-bond donors (Lipinski definition) is 1. The first-order valence-corrected chi connectivity index (χ1v) is 14.5. The van der Waals surface area contributed by atoms with E-state index in [2.05, 4.69) is 47.2 Å². The molecule has 1 N–H and O–H groups in total. The molecular formula is C29H39N7O3. The summed E-state index contributed by atoms with van der Waals surface area (Å²) in [7, 11) is 0. The first kappa shape index (κ1) is 26.0. The standard InChI is InChI=1S/C29H39N7O3/c1-2-10-35(11-3-1)12-17-38-25-20-32-29(33-21-25)34-22-4-6-24(7-5-22)39-27-19-23(36-13-15-37-16-14-36)18-26-28(27)31-9-8-30-26/h8-9,18-22,24H,1-7,10-17H2,(H,32,33,34). The normalized spacial score (nSPS) is 22.5. The van der Waals surface area contributed by atoms with Crippen LogP contribution in [0.25, 0.3) is 11.0 Å². The Morgan fingerprint density at radius 1 is 0.872 bits per heavy atom. The minimum Gasteiger partial charge on any atom is -0.489 e. The fourth-order valence-electron chi connectivity index (χ4n) is 5.75. The fourth-order valence-corrected chi connectivity index (χ4v) is 5.75. The smallest absolute Gasteiger partial charge is 0.223 e. The average Bonchev–Trinajstić information content (AvgIpc) is 3.00. The Kier molecular flexibility index (Phi) is 8.50. The lowest BCUT2D eigenvalue weighted by molar-refractivity contribution is 0.122. The van der Waals surface area contributed by atoms with Crippen molar-refractivity contribution in [3.05, 3.63) is 36.9 Å². The third-order valence-electron chi connectivity index (χ3n) is 7.95. The molecule has 1 saturated carbocycles. The largest absolute Gasteiger partial charge is 0.489 e. The zero-order valence-electron chi connectivity index (χ0n) is 22.6. The van der Waals surface area contributed by atoms with Gasteiger partial charge in [0.2, 0.25) is 5.95 Å². The average molecular weight is 534 g/mol. The van der Waals surface area contributed by atoms with E-state index in [1.807, 2.05) is 0 Å². The molecule has 3 aliphatic rings. The molecular weight excluding hydrogens is 494 g/mol. The number of hydrogen-bond acceptors (Lipinski definition) is 10. The van der Waals surface area contributed by atoms with Gasteiger partial charge in [-0.25, -0.2) is 15.0 Å². The molecule has 0 spiro atoms. The number of fused-ring (bicyclic) bond motifs is 1. The summed E-state index contributed by atoms with van der Waals surface area (Å²) in [5.41, 5.74) is 2.80. The molecule has 10 heteroatoms. The summed E-state index contributed by atoms with van der Waals surface area (Å²) in [6.45, 7) is 7.23. The second kappa shape index (κ2) is 12.7. The van der Waals surface area contributed by atoms with Crippen LogP contribution in [0, 0.1) is 0 Å². The molecule has 2 aliphatic heterocycles. The number of likely N-dealkylation sites (tertiary alicyclic amines) is 1. The lowest BCUT2D eigenvalue weighted by Gasteiger charge is -2.31. The topological polar surface area (TPSA) is 97.8 Å². The monoisotopic (exact) mass is 533 g/mol. The Bertz CT molecular complexity index is 1190. The van der Waals surface area contributed by atoms with Gasteiger partial charge in [0.25, 0.3) is 0 Å². The highest BCUT2D eigenvalue weighted by molar-refractivity contribution is 5.85. The van der Waals surface area contributed by atoms with Crippen molar-refractivity contribution in [1.82, 2.24) is 24.8 Å². The van der Waals surface area contributed by atoms with Crippen molar-refractivity contribution in [2.24, 2.45) is 0 Å². The van der Waals surface area contributed by atoms with Gasteiger partial charge in [0.1, 0.15) is 17.9 Å². The fraction of sp³-hybridized carbons (Fsp3) is 0.586. The van der Waals surface area contributed by atoms with Crippen LogP contribution in [-0.4, -0.2) is 89.5 Å². The van der Waals surface area contributed by atoms with E-state index in [0.717, 1.165) is 86.8 Å². The second-order valence-corrected chi connectivity index (χ2v) is 10.7. The van der Waals surface area contributed by atoms with Gasteiger partial charge >= 0.3 is 0 Å². The first-order chi connectivity index (χ1) is 19.3. The first-order valence-electron chi connectivity index (χ1n) is 14.5. The molecule has 208 valence electrons. The summed E-state index contributed by atoms with van der Waals surface area (Å²) in [5.74, 6) is 2.20. The number of piperidine rings is 1. The van der Waals surface area contributed by atoms with Crippen molar-refractivity contribution < 1.29 is 14.2 Å². The lowest BCUT2D eigenvalue weighted by atomic mass is 9.93. The molecule has 3 fully saturated rings. The van der Waals surface area contributed by atoms with Crippen molar-refractivity contribution in [3.63, 3.8) is 0 Å². The van der Waals surface area contributed by atoms with Crippen LogP contribution in [0.15, 0.2) is 36.9 Å². The zero-order valence-corrected chi connectivity index (χ0v) is 22.6. The molecule has 2 aromatic heterocycles.